The molecular formula is C20H26F2N2O3. The SMILES string of the molecule is CC(C)(C)OC(=O)N1C2CCC1(c1cc(F)c3c(c1F)OCCC3)CNC2. The lowest BCUT2D eigenvalue weighted by Crippen LogP contribution is -2.61. The first-order valence-electron chi connectivity index (χ1n) is 9.60. The van der Waals surface area contributed by atoms with Gasteiger partial charge in [-0.15, -0.1) is 0 Å². The van der Waals surface area contributed by atoms with Crippen molar-refractivity contribution in [2.45, 2.75) is 63.6 Å². The Bertz CT molecular complexity index is 773. The number of amides is 1. The van der Waals surface area contributed by atoms with Crippen LogP contribution in [0.15, 0.2) is 6.07 Å². The lowest BCUT2D eigenvalue weighted by atomic mass is 9.84. The van der Waals surface area contributed by atoms with E-state index in [1.807, 2.05) is 0 Å². The second kappa shape index (κ2) is 6.33. The molecule has 2 unspecified atom stereocenters. The molecule has 0 radical (unpaired) electrons. The fourth-order valence-corrected chi connectivity index (χ4v) is 4.60. The largest absolute Gasteiger partial charge is 0.490 e. The third-order valence-electron chi connectivity index (χ3n) is 5.69. The van der Waals surface area contributed by atoms with Crippen LogP contribution < -0.4 is 10.1 Å². The van der Waals surface area contributed by atoms with E-state index in [9.17, 15) is 9.18 Å². The van der Waals surface area contributed by atoms with E-state index < -0.39 is 28.9 Å². The second-order valence-electron chi connectivity index (χ2n) is 8.68. The summed E-state index contributed by atoms with van der Waals surface area (Å²) in [6.45, 7) is 6.75. The Balaban J connectivity index is 1.81. The normalized spacial score (nSPS) is 27.1. The zero-order valence-corrected chi connectivity index (χ0v) is 16.0. The van der Waals surface area contributed by atoms with Crippen LogP contribution in [0.3, 0.4) is 0 Å². The van der Waals surface area contributed by atoms with Gasteiger partial charge in [0.1, 0.15) is 11.4 Å². The van der Waals surface area contributed by atoms with E-state index in [1.165, 1.54) is 6.07 Å². The number of hydrogen-bond donors (Lipinski definition) is 1. The monoisotopic (exact) mass is 380 g/mol. The third-order valence-corrected chi connectivity index (χ3v) is 5.69. The van der Waals surface area contributed by atoms with E-state index in [2.05, 4.69) is 5.32 Å². The number of rotatable bonds is 1. The Morgan fingerprint density at radius 1 is 1.41 bits per heavy atom. The van der Waals surface area contributed by atoms with Crippen LogP contribution in [0.2, 0.25) is 0 Å². The fourth-order valence-electron chi connectivity index (χ4n) is 4.60. The van der Waals surface area contributed by atoms with Crippen molar-refractivity contribution in [2.24, 2.45) is 0 Å². The molecule has 27 heavy (non-hydrogen) atoms. The van der Waals surface area contributed by atoms with Crippen molar-refractivity contribution in [1.82, 2.24) is 10.2 Å². The summed E-state index contributed by atoms with van der Waals surface area (Å²) < 4.78 is 41.3. The van der Waals surface area contributed by atoms with E-state index in [-0.39, 0.29) is 17.4 Å². The smallest absolute Gasteiger partial charge is 0.411 e. The predicted octanol–water partition coefficient (Wildman–Crippen LogP) is 3.49. The first-order valence-corrected chi connectivity index (χ1v) is 9.60. The third kappa shape index (κ3) is 2.96. The summed E-state index contributed by atoms with van der Waals surface area (Å²) in [4.78, 5) is 14.6. The molecule has 0 aromatic heterocycles. The van der Waals surface area contributed by atoms with E-state index in [0.29, 0.717) is 50.9 Å². The summed E-state index contributed by atoms with van der Waals surface area (Å²) in [5.41, 5.74) is -1.15. The predicted molar refractivity (Wildman–Crippen MR) is 95.8 cm³/mol. The molecule has 5 nitrogen and oxygen atoms in total. The maximum Gasteiger partial charge on any atom is 0.411 e. The molecule has 2 atom stereocenters. The standard InChI is InChI=1S/C20H26F2N2O3/c1-19(2,3)27-18(25)24-12-6-7-20(24,11-23-10-12)14-9-15(21)13-5-4-8-26-17(13)16(14)22/h9,12,23H,4-8,10-11H2,1-3H3. The van der Waals surface area contributed by atoms with Gasteiger partial charge in [-0.2, -0.15) is 0 Å². The molecule has 3 heterocycles. The van der Waals surface area contributed by atoms with Gasteiger partial charge in [0.2, 0.25) is 0 Å². The maximum atomic E-state index is 15.4. The molecule has 2 bridgehead atoms. The van der Waals surface area contributed by atoms with Gasteiger partial charge in [-0.25, -0.2) is 13.6 Å². The summed E-state index contributed by atoms with van der Waals surface area (Å²) >= 11 is 0. The summed E-state index contributed by atoms with van der Waals surface area (Å²) in [7, 11) is 0. The average Bonchev–Trinajstić information content (AvgIpc) is 2.84. The highest BCUT2D eigenvalue weighted by molar-refractivity contribution is 5.71. The molecule has 1 aromatic carbocycles. The molecule has 1 amide bonds. The van der Waals surface area contributed by atoms with Crippen LogP contribution in [0.5, 0.6) is 5.75 Å². The first kappa shape index (κ1) is 18.5. The summed E-state index contributed by atoms with van der Waals surface area (Å²) in [6.07, 6.45) is 1.92. The van der Waals surface area contributed by atoms with Crippen molar-refractivity contribution < 1.29 is 23.0 Å². The minimum Gasteiger partial charge on any atom is -0.490 e. The van der Waals surface area contributed by atoms with E-state index >= 15 is 4.39 Å². The number of nitrogens with zero attached hydrogens (tertiary/aromatic N) is 1. The van der Waals surface area contributed by atoms with Gasteiger partial charge in [0.15, 0.2) is 11.6 Å². The summed E-state index contributed by atoms with van der Waals surface area (Å²) in [5.74, 6) is -1.01. The van der Waals surface area contributed by atoms with Crippen LogP contribution in [-0.2, 0) is 16.7 Å². The van der Waals surface area contributed by atoms with Crippen LogP contribution in [0, 0.1) is 11.6 Å². The first-order chi connectivity index (χ1) is 12.7. The Morgan fingerprint density at radius 3 is 2.93 bits per heavy atom. The molecule has 1 N–H and O–H groups in total. The van der Waals surface area contributed by atoms with Gasteiger partial charge >= 0.3 is 6.09 Å². The van der Waals surface area contributed by atoms with Crippen LogP contribution in [0.4, 0.5) is 13.6 Å². The minimum absolute atomic E-state index is 0.00351. The lowest BCUT2D eigenvalue weighted by molar-refractivity contribution is -0.0124. The number of nitrogens with one attached hydrogen (secondary N) is 1. The highest BCUT2D eigenvalue weighted by Crippen LogP contribution is 2.48. The second-order valence-corrected chi connectivity index (χ2v) is 8.68. The zero-order valence-electron chi connectivity index (χ0n) is 16.0. The Morgan fingerprint density at radius 2 is 2.19 bits per heavy atom. The molecule has 2 saturated heterocycles. The zero-order chi connectivity index (χ0) is 19.4. The lowest BCUT2D eigenvalue weighted by Gasteiger charge is -2.45. The highest BCUT2D eigenvalue weighted by Gasteiger charge is 2.55. The quantitative estimate of drug-likeness (QED) is 0.810. The van der Waals surface area contributed by atoms with E-state index in [4.69, 9.17) is 9.47 Å². The van der Waals surface area contributed by atoms with Crippen molar-refractivity contribution in [2.75, 3.05) is 19.7 Å². The number of carbonyl (C=O) groups excluding carboxylic acids is 1. The van der Waals surface area contributed by atoms with Crippen molar-refractivity contribution in [3.05, 3.63) is 28.8 Å². The van der Waals surface area contributed by atoms with Crippen LogP contribution >= 0.6 is 0 Å². The van der Waals surface area contributed by atoms with Gasteiger partial charge in [0.05, 0.1) is 12.1 Å². The van der Waals surface area contributed by atoms with Crippen molar-refractivity contribution in [3.63, 3.8) is 0 Å². The fraction of sp³-hybridized carbons (Fsp3) is 0.650. The van der Waals surface area contributed by atoms with Crippen LogP contribution in [0.1, 0.15) is 51.2 Å². The molecule has 2 fully saturated rings. The number of benzene rings is 1. The molecule has 148 valence electrons. The molecule has 0 saturated carbocycles. The molecule has 3 aliphatic rings. The highest BCUT2D eigenvalue weighted by atomic mass is 19.1. The molecule has 4 rings (SSSR count). The van der Waals surface area contributed by atoms with Gasteiger partial charge in [-0.3, -0.25) is 4.90 Å². The molecular weight excluding hydrogens is 354 g/mol. The minimum atomic E-state index is -0.966. The van der Waals surface area contributed by atoms with Crippen molar-refractivity contribution in [3.8, 4) is 5.75 Å². The Labute approximate surface area is 158 Å². The molecule has 1 aromatic rings. The number of halogens is 2. The van der Waals surface area contributed by atoms with Crippen molar-refractivity contribution in [1.29, 1.82) is 0 Å². The Hall–Kier alpha value is -1.89. The number of ether oxygens (including phenoxy) is 2. The van der Waals surface area contributed by atoms with Gasteiger partial charge in [-0.1, -0.05) is 0 Å². The average molecular weight is 380 g/mol. The summed E-state index contributed by atoms with van der Waals surface area (Å²) in [6, 6.07) is 1.16. The van der Waals surface area contributed by atoms with Gasteiger partial charge in [0, 0.05) is 30.3 Å². The Kier molecular flexibility index (Phi) is 4.33. The number of carbonyl (C=O) groups is 1. The van der Waals surface area contributed by atoms with Gasteiger partial charge in [0.25, 0.3) is 0 Å². The molecule has 7 heteroatoms. The summed E-state index contributed by atoms with van der Waals surface area (Å²) in [5, 5.41) is 3.28. The molecule has 0 aliphatic carbocycles. The van der Waals surface area contributed by atoms with Crippen LogP contribution in [-0.4, -0.2) is 42.3 Å². The maximum absolute atomic E-state index is 15.4. The van der Waals surface area contributed by atoms with Crippen LogP contribution in [0.25, 0.3) is 0 Å². The van der Waals surface area contributed by atoms with E-state index in [0.717, 1.165) is 0 Å². The number of piperazine rings is 1. The molecule has 3 aliphatic heterocycles. The molecule has 0 spiro atoms. The number of hydrogen-bond acceptors (Lipinski definition) is 4. The number of fused-ring (bicyclic) bond motifs is 3. The van der Waals surface area contributed by atoms with E-state index in [1.54, 1.807) is 25.7 Å². The van der Waals surface area contributed by atoms with Gasteiger partial charge in [-0.05, 0) is 52.5 Å². The van der Waals surface area contributed by atoms with Gasteiger partial charge < -0.3 is 14.8 Å². The topological polar surface area (TPSA) is 50.8 Å². The van der Waals surface area contributed by atoms with Crippen molar-refractivity contribution >= 4 is 6.09 Å².